The molecule has 0 aliphatic heterocycles. The van der Waals surface area contributed by atoms with Crippen molar-refractivity contribution < 1.29 is 0 Å². The van der Waals surface area contributed by atoms with E-state index < -0.39 is 0 Å². The molecule has 12 heavy (non-hydrogen) atoms. The van der Waals surface area contributed by atoms with Gasteiger partial charge in [0.1, 0.15) is 0 Å². The zero-order valence-electron chi connectivity index (χ0n) is 7.32. The summed E-state index contributed by atoms with van der Waals surface area (Å²) in [5.41, 5.74) is 5.33. The molecule has 0 aromatic rings. The number of rotatable bonds is 5. The van der Waals surface area contributed by atoms with Gasteiger partial charge in [-0.1, -0.05) is 6.92 Å². The first-order valence-electron chi connectivity index (χ1n) is 4.08. The van der Waals surface area contributed by atoms with Gasteiger partial charge in [-0.15, -0.1) is 0 Å². The van der Waals surface area contributed by atoms with E-state index in [1.165, 1.54) is 0 Å². The van der Waals surface area contributed by atoms with Gasteiger partial charge in [-0.2, -0.15) is 10.5 Å². The number of nitriles is 2. The van der Waals surface area contributed by atoms with Gasteiger partial charge in [-0.3, -0.25) is 0 Å². The van der Waals surface area contributed by atoms with Crippen LogP contribution in [0.5, 0.6) is 0 Å². The maximum Gasteiger partial charge on any atom is 0.193 e. The van der Waals surface area contributed by atoms with E-state index in [1.54, 1.807) is 0 Å². The normalized spacial score (nSPS) is 11.3. The monoisotopic (exact) mass is 166 g/mol. The molecule has 4 nitrogen and oxygen atoms in total. The molecule has 0 fully saturated rings. The van der Waals surface area contributed by atoms with E-state index in [4.69, 9.17) is 16.3 Å². The van der Waals surface area contributed by atoms with Crippen LogP contribution in [0.2, 0.25) is 0 Å². The lowest BCUT2D eigenvalue weighted by molar-refractivity contribution is 0.352. The Bertz CT molecular complexity index is 174. The first kappa shape index (κ1) is 10.7. The van der Waals surface area contributed by atoms with Crippen LogP contribution in [0.3, 0.4) is 0 Å². The summed E-state index contributed by atoms with van der Waals surface area (Å²) >= 11 is 0. The Kier molecular flexibility index (Phi) is 5.77. The molecule has 0 bridgehead atoms. The summed E-state index contributed by atoms with van der Waals surface area (Å²) in [6.45, 7) is 2.57. The second-order valence-corrected chi connectivity index (χ2v) is 2.56. The third-order valence-electron chi connectivity index (χ3n) is 1.79. The molecule has 0 rings (SSSR count). The molecule has 0 aromatic carbocycles. The smallest absolute Gasteiger partial charge is 0.193 e. The Morgan fingerprint density at radius 1 is 1.42 bits per heavy atom. The Hall–Kier alpha value is -1.26. The van der Waals surface area contributed by atoms with E-state index in [0.717, 1.165) is 24.2 Å². The minimum absolute atomic E-state index is 0.0311. The highest BCUT2D eigenvalue weighted by Crippen LogP contribution is 2.08. The molecule has 1 unspecified atom stereocenters. The number of nitrogens with zero attached hydrogens (tertiary/aromatic N) is 3. The predicted octanol–water partition coefficient (Wildman–Crippen LogP) is 0.768. The highest BCUT2D eigenvalue weighted by atomic mass is 15.1. The number of hydrogen-bond acceptors (Lipinski definition) is 4. The zero-order chi connectivity index (χ0) is 9.40. The lowest BCUT2D eigenvalue weighted by Gasteiger charge is -2.17. The maximum atomic E-state index is 8.55. The van der Waals surface area contributed by atoms with E-state index in [-0.39, 0.29) is 6.04 Å². The van der Waals surface area contributed by atoms with E-state index in [2.05, 4.69) is 0 Å². The summed E-state index contributed by atoms with van der Waals surface area (Å²) in [5.74, 6) is 0. The van der Waals surface area contributed by atoms with E-state index >= 15 is 0 Å². The fourth-order valence-electron chi connectivity index (χ4n) is 1.05. The SMILES string of the molecule is CCC(CCCN)N(C#N)C#N. The quantitative estimate of drug-likeness (QED) is 0.483. The standard InChI is InChI=1S/C8H14N4/c1-2-8(4-3-5-9)12(6-10)7-11/h8H,2-5,9H2,1H3. The molecule has 0 aliphatic rings. The molecule has 0 amide bonds. The summed E-state index contributed by atoms with van der Waals surface area (Å²) in [6.07, 6.45) is 6.17. The summed E-state index contributed by atoms with van der Waals surface area (Å²) in [5, 5.41) is 17.1. The molecule has 66 valence electrons. The Labute approximate surface area is 73.2 Å². The van der Waals surface area contributed by atoms with Gasteiger partial charge in [-0.05, 0) is 25.8 Å². The summed E-state index contributed by atoms with van der Waals surface area (Å²) in [4.78, 5) is 1.13. The van der Waals surface area contributed by atoms with Gasteiger partial charge in [0.05, 0.1) is 6.04 Å². The molecule has 4 heteroatoms. The summed E-state index contributed by atoms with van der Waals surface area (Å²) in [7, 11) is 0. The average Bonchev–Trinajstić information content (AvgIpc) is 2.12. The van der Waals surface area contributed by atoms with Crippen LogP contribution in [0.4, 0.5) is 0 Å². The Balaban J connectivity index is 3.97. The van der Waals surface area contributed by atoms with E-state index in [9.17, 15) is 0 Å². The van der Waals surface area contributed by atoms with Gasteiger partial charge in [0, 0.05) is 0 Å². The summed E-state index contributed by atoms with van der Waals surface area (Å²) < 4.78 is 0. The van der Waals surface area contributed by atoms with Crippen molar-refractivity contribution in [3.05, 3.63) is 0 Å². The minimum Gasteiger partial charge on any atom is -0.330 e. The van der Waals surface area contributed by atoms with Crippen molar-refractivity contribution in [3.8, 4) is 12.4 Å². The third kappa shape index (κ3) is 3.23. The molecule has 0 saturated heterocycles. The highest BCUT2D eigenvalue weighted by Gasteiger charge is 2.13. The summed E-state index contributed by atoms with van der Waals surface area (Å²) in [6, 6.07) is 0.0311. The molecule has 0 radical (unpaired) electrons. The van der Waals surface area contributed by atoms with Gasteiger partial charge in [0.15, 0.2) is 12.4 Å². The molecular weight excluding hydrogens is 152 g/mol. The van der Waals surface area contributed by atoms with E-state index in [0.29, 0.717) is 6.54 Å². The third-order valence-corrected chi connectivity index (χ3v) is 1.79. The van der Waals surface area contributed by atoms with Crippen molar-refractivity contribution in [1.29, 1.82) is 10.5 Å². The topological polar surface area (TPSA) is 76.8 Å². The van der Waals surface area contributed by atoms with Crippen LogP contribution in [0.15, 0.2) is 0 Å². The molecule has 2 N–H and O–H groups in total. The zero-order valence-corrected chi connectivity index (χ0v) is 7.32. The minimum atomic E-state index is 0.0311. The van der Waals surface area contributed by atoms with Crippen LogP contribution in [-0.4, -0.2) is 17.5 Å². The van der Waals surface area contributed by atoms with E-state index in [1.807, 2.05) is 19.3 Å². The fourth-order valence-corrected chi connectivity index (χ4v) is 1.05. The highest BCUT2D eigenvalue weighted by molar-refractivity contribution is 4.91. The van der Waals surface area contributed by atoms with Gasteiger partial charge in [0.25, 0.3) is 0 Å². The van der Waals surface area contributed by atoms with Crippen LogP contribution in [-0.2, 0) is 0 Å². The Morgan fingerprint density at radius 3 is 2.33 bits per heavy atom. The molecule has 0 aromatic heterocycles. The van der Waals surface area contributed by atoms with Crippen molar-refractivity contribution in [2.75, 3.05) is 6.54 Å². The number of nitrogens with two attached hydrogens (primary N) is 1. The maximum absolute atomic E-state index is 8.55. The van der Waals surface area contributed by atoms with Crippen LogP contribution >= 0.6 is 0 Å². The van der Waals surface area contributed by atoms with Crippen LogP contribution in [0, 0.1) is 22.9 Å². The molecule has 0 aliphatic carbocycles. The van der Waals surface area contributed by atoms with Gasteiger partial charge in [-0.25, -0.2) is 4.90 Å². The van der Waals surface area contributed by atoms with Gasteiger partial charge >= 0.3 is 0 Å². The fraction of sp³-hybridized carbons (Fsp3) is 0.750. The van der Waals surface area contributed by atoms with Crippen LogP contribution in [0.1, 0.15) is 26.2 Å². The van der Waals surface area contributed by atoms with Crippen molar-refractivity contribution in [2.45, 2.75) is 32.2 Å². The van der Waals surface area contributed by atoms with Crippen molar-refractivity contribution >= 4 is 0 Å². The first-order valence-corrected chi connectivity index (χ1v) is 4.08. The molecule has 0 saturated carbocycles. The average molecular weight is 166 g/mol. The van der Waals surface area contributed by atoms with Crippen molar-refractivity contribution in [1.82, 2.24) is 4.90 Å². The molecule has 0 heterocycles. The lowest BCUT2D eigenvalue weighted by atomic mass is 10.1. The second kappa shape index (κ2) is 6.45. The lowest BCUT2D eigenvalue weighted by Crippen LogP contribution is -2.26. The van der Waals surface area contributed by atoms with Crippen molar-refractivity contribution in [3.63, 3.8) is 0 Å². The van der Waals surface area contributed by atoms with Crippen molar-refractivity contribution in [2.24, 2.45) is 5.73 Å². The second-order valence-electron chi connectivity index (χ2n) is 2.56. The van der Waals surface area contributed by atoms with Gasteiger partial charge in [0.2, 0.25) is 0 Å². The largest absolute Gasteiger partial charge is 0.330 e. The van der Waals surface area contributed by atoms with Crippen LogP contribution in [0.25, 0.3) is 0 Å². The Morgan fingerprint density at radius 2 is 2.00 bits per heavy atom. The number of hydrogen-bond donors (Lipinski definition) is 1. The molecular formula is C8H14N4. The first-order chi connectivity index (χ1) is 5.79. The predicted molar refractivity (Wildman–Crippen MR) is 45.4 cm³/mol. The molecule has 0 spiro atoms. The molecule has 1 atom stereocenters. The van der Waals surface area contributed by atoms with Gasteiger partial charge < -0.3 is 5.73 Å². The van der Waals surface area contributed by atoms with Crippen LogP contribution < -0.4 is 5.73 Å².